The number of rotatable bonds is 16. The van der Waals surface area contributed by atoms with Gasteiger partial charge >= 0.3 is 6.18 Å². The number of nitrogens with zero attached hydrogens (tertiary/aromatic N) is 10. The lowest BCUT2D eigenvalue weighted by atomic mass is 10.0. The predicted molar refractivity (Wildman–Crippen MR) is 415 cm³/mol. The highest BCUT2D eigenvalue weighted by atomic mass is 35.5. The van der Waals surface area contributed by atoms with Crippen molar-refractivity contribution in [3.8, 4) is 28.3 Å². The fourth-order valence-electron chi connectivity index (χ4n) is 12.7. The summed E-state index contributed by atoms with van der Waals surface area (Å²) < 4.78 is 72.1. The molecule has 0 bridgehead atoms. The highest BCUT2D eigenvalue weighted by Crippen LogP contribution is 2.36. The van der Waals surface area contributed by atoms with Gasteiger partial charge in [0.1, 0.15) is 11.4 Å². The molecule has 0 spiro atoms. The summed E-state index contributed by atoms with van der Waals surface area (Å²) in [7, 11) is -3.42. The van der Waals surface area contributed by atoms with Crippen molar-refractivity contribution in [1.82, 2.24) is 64.2 Å². The number of alkyl halides is 3. The third-order valence-corrected chi connectivity index (χ3v) is 20.4. The minimum atomic E-state index is -4.70. The maximum atomic E-state index is 13.7. The van der Waals surface area contributed by atoms with Crippen LogP contribution in [-0.4, -0.2) is 74.2 Å². The summed E-state index contributed by atoms with van der Waals surface area (Å²) in [6, 6.07) is 53.5. The number of halogens is 5. The van der Waals surface area contributed by atoms with Gasteiger partial charge in [-0.2, -0.15) is 18.3 Å². The molecule has 14 aromatic rings. The highest BCUT2D eigenvalue weighted by Gasteiger charge is 2.35. The van der Waals surface area contributed by atoms with E-state index in [0.717, 1.165) is 39.7 Å². The molecular formula is C82H70Cl2F3N13O7S. The predicted octanol–water partition coefficient (Wildman–Crippen LogP) is 15.9. The summed E-state index contributed by atoms with van der Waals surface area (Å²) in [5.41, 5.74) is 6.92. The Hall–Kier alpha value is -12.3. The van der Waals surface area contributed by atoms with Crippen LogP contribution in [0, 0.1) is 27.7 Å². The van der Waals surface area contributed by atoms with Gasteiger partial charge in [0.25, 0.3) is 28.5 Å². The molecule has 3 N–H and O–H groups in total. The molecule has 0 radical (unpaired) electrons. The van der Waals surface area contributed by atoms with Crippen LogP contribution in [0.2, 0.25) is 10.0 Å². The Balaban J connectivity index is 0.000000152. The molecule has 3 atom stereocenters. The van der Waals surface area contributed by atoms with Crippen molar-refractivity contribution in [2.24, 2.45) is 0 Å². The number of amides is 2. The molecule has 20 nitrogen and oxygen atoms in total. The second kappa shape index (κ2) is 31.4. The second-order valence-electron chi connectivity index (χ2n) is 25.5. The minimum Gasteiger partial charge on any atom is -0.377 e. The highest BCUT2D eigenvalue weighted by molar-refractivity contribution is 7.91. The van der Waals surface area contributed by atoms with Crippen LogP contribution in [0.15, 0.2) is 245 Å². The number of fused-ring (bicyclic) bond motifs is 4. The fourth-order valence-corrected chi connectivity index (χ4v) is 14.1. The molecule has 7 aromatic carbocycles. The number of aryl methyl sites for hydroxylation is 4. The summed E-state index contributed by atoms with van der Waals surface area (Å²) in [5.74, 6) is -1.02. The SMILES string of the molecule is C=C(N[C@@H](C)c1cc2cccc(Cl)c2c(=O)n1-c1ccccc1)c1cnn2ccc(C)nc12.CCS(=O)(=O)c1cccc(-c2cnc(C)c(C(=O)N[C@@H](C)c3cc4cccc(Cl)c4c(=O)n3-c3ccccc3)n2)c1.Cc1cnc(C(=O)N[C@@H](C)c2cc3cccc(C(F)(F)F)c3c(=O)n2-c2ccccc2)c(C)n1. The molecule has 0 aliphatic heterocycles. The zero-order valence-electron chi connectivity index (χ0n) is 59.6. The van der Waals surface area contributed by atoms with Gasteiger partial charge in [-0.15, -0.1) is 0 Å². The average Bonchev–Trinajstić information content (AvgIpc) is 0.939. The topological polar surface area (TPSA) is 252 Å². The molecule has 0 saturated heterocycles. The van der Waals surface area contributed by atoms with Crippen molar-refractivity contribution in [3.63, 3.8) is 0 Å². The lowest BCUT2D eigenvalue weighted by molar-refractivity contribution is -0.136. The zero-order valence-corrected chi connectivity index (χ0v) is 61.9. The number of sulfone groups is 1. The minimum absolute atomic E-state index is 0.0311. The first-order valence-electron chi connectivity index (χ1n) is 34.1. The molecule has 14 rings (SSSR count). The van der Waals surface area contributed by atoms with Crippen LogP contribution < -0.4 is 32.6 Å². The van der Waals surface area contributed by atoms with Gasteiger partial charge in [-0.1, -0.05) is 140 Å². The monoisotopic (exact) mass is 1510 g/mol. The van der Waals surface area contributed by atoms with E-state index in [0.29, 0.717) is 83.0 Å². The molecule has 2 amide bonds. The van der Waals surface area contributed by atoms with E-state index in [2.05, 4.69) is 52.5 Å². The third-order valence-electron chi connectivity index (χ3n) is 18.0. The first-order chi connectivity index (χ1) is 51.6. The lowest BCUT2D eigenvalue weighted by Crippen LogP contribution is -2.33. The van der Waals surface area contributed by atoms with E-state index in [9.17, 15) is 45.6 Å². The molecule has 0 unspecified atom stereocenters. The summed E-state index contributed by atoms with van der Waals surface area (Å²) in [4.78, 5) is 89.3. The number of benzene rings is 7. The van der Waals surface area contributed by atoms with Gasteiger partial charge in [0.15, 0.2) is 15.5 Å². The van der Waals surface area contributed by atoms with Gasteiger partial charge in [0, 0.05) is 63.5 Å². The van der Waals surface area contributed by atoms with Crippen molar-refractivity contribution >= 4 is 88.5 Å². The van der Waals surface area contributed by atoms with Crippen LogP contribution in [0.25, 0.3) is 72.0 Å². The van der Waals surface area contributed by atoms with Gasteiger partial charge in [-0.05, 0) is 156 Å². The first-order valence-corrected chi connectivity index (χ1v) is 36.5. The Morgan fingerprint density at radius 3 is 1.49 bits per heavy atom. The van der Waals surface area contributed by atoms with E-state index in [4.69, 9.17) is 23.2 Å². The maximum Gasteiger partial charge on any atom is 0.417 e. The van der Waals surface area contributed by atoms with Crippen LogP contribution in [0.1, 0.15) is 118 Å². The smallest absolute Gasteiger partial charge is 0.377 e. The average molecular weight is 1510 g/mol. The van der Waals surface area contributed by atoms with Crippen LogP contribution in [0.5, 0.6) is 0 Å². The molecule has 7 aromatic heterocycles. The second-order valence-corrected chi connectivity index (χ2v) is 28.6. The van der Waals surface area contributed by atoms with Crippen molar-refractivity contribution in [1.29, 1.82) is 0 Å². The lowest BCUT2D eigenvalue weighted by Gasteiger charge is -2.22. The Bertz CT molecular complexity index is 6160. The van der Waals surface area contributed by atoms with Gasteiger partial charge in [-0.25, -0.2) is 27.9 Å². The van der Waals surface area contributed by atoms with Gasteiger partial charge < -0.3 is 16.0 Å². The summed E-state index contributed by atoms with van der Waals surface area (Å²) >= 11 is 12.8. The number of para-hydroxylation sites is 3. The summed E-state index contributed by atoms with van der Waals surface area (Å²) in [6.07, 6.45) is 1.90. The standard InChI is InChI=1S/C31H27ClN4O4S.C26H22ClN5O.C25H21F3N4O2/c1-4-41(39,40)24-14-8-10-21(16-24)26-18-33-20(3)29(35-26)30(37)34-19(2)27-17-22-11-9-15-25(32)28(22)31(38)36(27)23-12-6-5-7-13-23;1-16-12-13-31-25(29-16)21(15-28-31)17(2)30-18(3)23-14-19-8-7-11-22(27)24(19)26(33)32(23)20-9-5-4-6-10-20;1-14-13-29-22(16(3)30-14)23(33)31-15(2)20-12-17-8-7-11-19(25(26,27)28)21(17)24(34)32(20)18-9-5-4-6-10-18/h5-19H,4H2,1-3H3,(H,34,37);4-15,18,30H,2H2,1,3H3;4-13,15H,1-3H3,(H,31,33)/t19-;18-;15-/m000/s1. The molecule has 0 aliphatic rings. The van der Waals surface area contributed by atoms with E-state index in [1.54, 1.807) is 122 Å². The maximum absolute atomic E-state index is 13.7. The molecular weight excluding hydrogens is 1440 g/mol. The van der Waals surface area contributed by atoms with E-state index < -0.39 is 56.4 Å². The molecule has 546 valence electrons. The number of nitrogens with one attached hydrogen (secondary N) is 3. The van der Waals surface area contributed by atoms with Crippen molar-refractivity contribution in [2.45, 2.75) is 84.6 Å². The fraction of sp³-hybridized carbons (Fsp3) is 0.159. The molecule has 7 heterocycles. The van der Waals surface area contributed by atoms with E-state index in [1.807, 2.05) is 117 Å². The van der Waals surface area contributed by atoms with Gasteiger partial charge in [0.05, 0.1) is 101 Å². The van der Waals surface area contributed by atoms with Crippen molar-refractivity contribution in [2.75, 3.05) is 5.75 Å². The molecule has 108 heavy (non-hydrogen) atoms. The van der Waals surface area contributed by atoms with Crippen LogP contribution in [0.3, 0.4) is 0 Å². The summed E-state index contributed by atoms with van der Waals surface area (Å²) in [6.45, 7) is 18.3. The normalized spacial score (nSPS) is 12.3. The Morgan fingerprint density at radius 2 is 0.991 bits per heavy atom. The quantitative estimate of drug-likeness (QED) is 0.0814. The van der Waals surface area contributed by atoms with E-state index in [1.165, 1.54) is 47.3 Å². The molecule has 0 aliphatic carbocycles. The number of carbonyl (C=O) groups is 2. The first kappa shape index (κ1) is 75.4. The van der Waals surface area contributed by atoms with E-state index in [-0.39, 0.29) is 44.6 Å². The zero-order chi connectivity index (χ0) is 77.0. The molecule has 0 saturated carbocycles. The van der Waals surface area contributed by atoms with Crippen LogP contribution in [-0.2, 0) is 16.0 Å². The number of aromatic nitrogens is 10. The van der Waals surface area contributed by atoms with Crippen LogP contribution in [0.4, 0.5) is 13.2 Å². The Kier molecular flexibility index (Phi) is 22.0. The van der Waals surface area contributed by atoms with Gasteiger partial charge in [0.2, 0.25) is 0 Å². The van der Waals surface area contributed by atoms with Crippen LogP contribution >= 0.6 is 23.2 Å². The number of carbonyl (C=O) groups excluding carboxylic acids is 2. The molecule has 0 fully saturated rings. The largest absolute Gasteiger partial charge is 0.417 e. The van der Waals surface area contributed by atoms with Gasteiger partial charge in [-0.3, -0.25) is 47.6 Å². The third kappa shape index (κ3) is 15.7. The summed E-state index contributed by atoms with van der Waals surface area (Å²) in [5, 5.41) is 16.4. The van der Waals surface area contributed by atoms with E-state index >= 15 is 0 Å². The Morgan fingerprint density at radius 1 is 0.519 bits per heavy atom. The van der Waals surface area contributed by atoms with Crippen molar-refractivity contribution < 1.29 is 31.2 Å². The number of hydrogen-bond donors (Lipinski definition) is 3. The molecule has 26 heteroatoms. The van der Waals surface area contributed by atoms with Crippen molar-refractivity contribution in [3.05, 3.63) is 329 Å². The Labute approximate surface area is 627 Å². The number of hydrogen-bond acceptors (Lipinski definition) is 14. The number of pyridine rings is 3.